The molecule has 7 nitrogen and oxygen atoms in total. The summed E-state index contributed by atoms with van der Waals surface area (Å²) in [6, 6.07) is 67.4. The Bertz CT molecular complexity index is 4350. The summed E-state index contributed by atoms with van der Waals surface area (Å²) in [5, 5.41) is 6.57. The SMILES string of the molecule is O=S(=O)(Oc1cc(N(c2ccccc2)c2ccc3sc4c5ccccc5ccc4c3c2)c2sc3ccc(N(c4ccccc4)c4ccc5c6ncccc6n(-c6ccccc6)c5c4)cc3c2c1)C(F)(F)F. The second-order valence-electron chi connectivity index (χ2n) is 17.1. The summed E-state index contributed by atoms with van der Waals surface area (Å²) in [5.74, 6) is -0.475. The van der Waals surface area contributed by atoms with E-state index in [-0.39, 0.29) is 0 Å². The number of benzene rings is 9. The molecule has 344 valence electrons. The molecule has 0 radical (unpaired) electrons. The minimum absolute atomic E-state index is 0.445. The lowest BCUT2D eigenvalue weighted by atomic mass is 10.0. The molecule has 0 saturated carbocycles. The predicted molar refractivity (Wildman–Crippen MR) is 287 cm³/mol. The first kappa shape index (κ1) is 42.8. The zero-order valence-corrected chi connectivity index (χ0v) is 39.5. The van der Waals surface area contributed by atoms with Crippen molar-refractivity contribution >= 4 is 140 Å². The van der Waals surface area contributed by atoms with E-state index in [4.69, 9.17) is 9.17 Å². The van der Waals surface area contributed by atoms with Crippen LogP contribution in [-0.4, -0.2) is 23.5 Å². The Labute approximate surface area is 412 Å². The highest BCUT2D eigenvalue weighted by atomic mass is 32.2. The molecular weight excluding hydrogens is 954 g/mol. The molecule has 0 N–H and O–H groups in total. The lowest BCUT2D eigenvalue weighted by Crippen LogP contribution is -2.28. The van der Waals surface area contributed by atoms with Crippen molar-refractivity contribution in [1.82, 2.24) is 9.55 Å². The fourth-order valence-corrected chi connectivity index (χ4v) is 12.7. The van der Waals surface area contributed by atoms with Gasteiger partial charge in [-0.15, -0.1) is 22.7 Å². The molecule has 0 atom stereocenters. The van der Waals surface area contributed by atoms with E-state index >= 15 is 0 Å². The van der Waals surface area contributed by atoms with Gasteiger partial charge in [0.15, 0.2) is 0 Å². The Morgan fingerprint density at radius 1 is 0.479 bits per heavy atom. The van der Waals surface area contributed by atoms with E-state index in [1.165, 1.54) is 23.5 Å². The predicted octanol–water partition coefficient (Wildman–Crippen LogP) is 17.2. The highest BCUT2D eigenvalue weighted by molar-refractivity contribution is 7.88. The van der Waals surface area contributed by atoms with Crippen LogP contribution in [0.2, 0.25) is 0 Å². The van der Waals surface area contributed by atoms with Crippen LogP contribution in [-0.2, 0) is 10.1 Å². The number of nitrogens with zero attached hydrogens (tertiary/aromatic N) is 4. The molecule has 4 aromatic heterocycles. The third kappa shape index (κ3) is 7.14. The van der Waals surface area contributed by atoms with Crippen LogP contribution in [0.15, 0.2) is 212 Å². The molecule has 13 aromatic rings. The van der Waals surface area contributed by atoms with Crippen molar-refractivity contribution in [3.05, 3.63) is 212 Å². The topological polar surface area (TPSA) is 67.7 Å². The first-order valence-electron chi connectivity index (χ1n) is 22.6. The van der Waals surface area contributed by atoms with Crippen LogP contribution in [0.5, 0.6) is 5.75 Å². The van der Waals surface area contributed by atoms with E-state index in [0.29, 0.717) is 26.8 Å². The number of para-hydroxylation sites is 3. The summed E-state index contributed by atoms with van der Waals surface area (Å²) >= 11 is 3.17. The van der Waals surface area contributed by atoms with Gasteiger partial charge in [-0.05, 0) is 120 Å². The number of fused-ring (bicyclic) bond motifs is 11. The third-order valence-corrected chi connectivity index (χ3v) is 16.3. The quantitative estimate of drug-likeness (QED) is 0.106. The van der Waals surface area contributed by atoms with Gasteiger partial charge in [-0.1, -0.05) is 91.0 Å². The number of hydrogen-bond donors (Lipinski definition) is 0. The van der Waals surface area contributed by atoms with E-state index < -0.39 is 21.4 Å². The maximum Gasteiger partial charge on any atom is 0.534 e. The number of pyridine rings is 1. The Morgan fingerprint density at radius 2 is 1.07 bits per heavy atom. The number of rotatable bonds is 9. The molecule has 0 saturated heterocycles. The number of halogens is 3. The van der Waals surface area contributed by atoms with E-state index in [1.54, 1.807) is 17.5 Å². The fourth-order valence-electron chi connectivity index (χ4n) is 9.82. The average molecular weight is 989 g/mol. The summed E-state index contributed by atoms with van der Waals surface area (Å²) in [6.45, 7) is 0. The molecule has 0 spiro atoms. The molecule has 9 aromatic carbocycles. The molecule has 13 rings (SSSR count). The van der Waals surface area contributed by atoms with Gasteiger partial charge < -0.3 is 18.6 Å². The van der Waals surface area contributed by atoms with Crippen LogP contribution in [0.1, 0.15) is 0 Å². The second kappa shape index (κ2) is 16.4. The van der Waals surface area contributed by atoms with Crippen molar-refractivity contribution < 1.29 is 25.8 Å². The summed E-state index contributed by atoms with van der Waals surface area (Å²) in [4.78, 5) is 8.89. The van der Waals surface area contributed by atoms with Crippen molar-refractivity contribution in [3.63, 3.8) is 0 Å². The van der Waals surface area contributed by atoms with Gasteiger partial charge in [-0.2, -0.15) is 21.6 Å². The second-order valence-corrected chi connectivity index (χ2v) is 20.8. The van der Waals surface area contributed by atoms with Gasteiger partial charge in [0.1, 0.15) is 5.75 Å². The Kier molecular flexibility index (Phi) is 9.92. The molecule has 4 heterocycles. The molecule has 0 unspecified atom stereocenters. The van der Waals surface area contributed by atoms with Crippen LogP contribution in [0.4, 0.5) is 47.3 Å². The molecule has 13 heteroatoms. The average Bonchev–Trinajstić information content (AvgIpc) is 4.06. The fraction of sp³-hybridized carbons (Fsp3) is 0.0172. The molecular formula is C58H35F3N4O3S3. The third-order valence-electron chi connectivity index (χ3n) is 12.9. The number of aromatic nitrogens is 2. The molecule has 0 fully saturated rings. The number of thiophene rings is 2. The minimum Gasteiger partial charge on any atom is -0.376 e. The van der Waals surface area contributed by atoms with Crippen LogP contribution in [0, 0.1) is 0 Å². The van der Waals surface area contributed by atoms with Gasteiger partial charge in [-0.25, -0.2) is 0 Å². The standard InChI is InChI=1S/C58H35F3N4O3S3/c59-58(60,61)71(66,67)68-43-34-49-48-31-40(63(37-14-4-1-5-15-37)42-23-27-46-51(33-42)65(39-18-8-3-9-19-39)50-21-12-30-62-55(46)50)24-28-54(48)70-57(49)52(35-43)64(38-16-6-2-7-17-38)41-25-29-53-47(32-41)45-26-22-36-13-10-11-20-44(36)56(45)69-53/h1-35H. The first-order chi connectivity index (χ1) is 34.6. The van der Waals surface area contributed by atoms with Crippen molar-refractivity contribution in [1.29, 1.82) is 0 Å². The largest absolute Gasteiger partial charge is 0.534 e. The lowest BCUT2D eigenvalue weighted by Gasteiger charge is -2.27. The smallest absolute Gasteiger partial charge is 0.376 e. The maximum atomic E-state index is 14.2. The van der Waals surface area contributed by atoms with Gasteiger partial charge in [0.2, 0.25) is 0 Å². The lowest BCUT2D eigenvalue weighted by molar-refractivity contribution is -0.0500. The number of anilines is 6. The first-order valence-corrected chi connectivity index (χ1v) is 25.6. The van der Waals surface area contributed by atoms with Crippen LogP contribution < -0.4 is 14.0 Å². The number of hydrogen-bond acceptors (Lipinski definition) is 8. The summed E-state index contributed by atoms with van der Waals surface area (Å²) in [7, 11) is -6.06. The number of alkyl halides is 3. The molecule has 0 aliphatic rings. The Morgan fingerprint density at radius 3 is 1.79 bits per heavy atom. The summed E-state index contributed by atoms with van der Waals surface area (Å²) in [6.07, 6.45) is 1.80. The summed E-state index contributed by atoms with van der Waals surface area (Å²) < 4.78 is 79.3. The Hall–Kier alpha value is -8.23. The zero-order valence-electron chi connectivity index (χ0n) is 37.1. The highest BCUT2D eigenvalue weighted by Gasteiger charge is 2.48. The van der Waals surface area contributed by atoms with Crippen molar-refractivity contribution in [2.75, 3.05) is 9.80 Å². The van der Waals surface area contributed by atoms with Crippen LogP contribution >= 0.6 is 22.7 Å². The molecule has 0 aliphatic carbocycles. The highest BCUT2D eigenvalue weighted by Crippen LogP contribution is 2.50. The minimum atomic E-state index is -6.06. The Balaban J connectivity index is 1.04. The van der Waals surface area contributed by atoms with Crippen molar-refractivity contribution in [2.24, 2.45) is 0 Å². The van der Waals surface area contributed by atoms with Gasteiger partial charge in [-0.3, -0.25) is 4.98 Å². The van der Waals surface area contributed by atoms with Crippen molar-refractivity contribution in [3.8, 4) is 11.4 Å². The van der Waals surface area contributed by atoms with E-state index in [9.17, 15) is 21.6 Å². The van der Waals surface area contributed by atoms with E-state index in [0.717, 1.165) is 86.0 Å². The molecule has 0 bridgehead atoms. The summed E-state index contributed by atoms with van der Waals surface area (Å²) in [5.41, 5.74) is 2.46. The van der Waals surface area contributed by atoms with E-state index in [1.807, 2.05) is 126 Å². The van der Waals surface area contributed by atoms with Gasteiger partial charge in [0.25, 0.3) is 0 Å². The van der Waals surface area contributed by atoms with Crippen LogP contribution in [0.25, 0.3) is 78.7 Å². The maximum absolute atomic E-state index is 14.2. The molecule has 0 aliphatic heterocycles. The normalized spacial score (nSPS) is 12.3. The van der Waals surface area contributed by atoms with E-state index in [2.05, 4.69) is 82.3 Å². The van der Waals surface area contributed by atoms with Crippen molar-refractivity contribution in [2.45, 2.75) is 5.51 Å². The zero-order chi connectivity index (χ0) is 48.0. The van der Waals surface area contributed by atoms with Gasteiger partial charge in [0, 0.05) is 87.4 Å². The molecule has 0 amide bonds. The van der Waals surface area contributed by atoms with Crippen LogP contribution in [0.3, 0.4) is 0 Å². The monoisotopic (exact) mass is 988 g/mol. The molecule has 71 heavy (non-hydrogen) atoms. The van der Waals surface area contributed by atoms with Gasteiger partial charge in [0.05, 0.1) is 26.9 Å². The van der Waals surface area contributed by atoms with Gasteiger partial charge >= 0.3 is 15.6 Å².